The zero-order valence-electron chi connectivity index (χ0n) is 9.51. The first-order valence-corrected chi connectivity index (χ1v) is 5.10. The van der Waals surface area contributed by atoms with Crippen LogP contribution in [0.3, 0.4) is 0 Å². The number of anilines is 1. The molecule has 0 aliphatic rings. The molecule has 0 fully saturated rings. The number of benzene rings is 1. The highest BCUT2D eigenvalue weighted by atomic mass is 16.3. The van der Waals surface area contributed by atoms with E-state index in [1.807, 2.05) is 4.98 Å². The smallest absolute Gasteiger partial charge is 0.334 e. The van der Waals surface area contributed by atoms with Gasteiger partial charge in [-0.1, -0.05) is 18.2 Å². The van der Waals surface area contributed by atoms with Gasteiger partial charge in [0.05, 0.1) is 5.69 Å². The lowest BCUT2D eigenvalue weighted by atomic mass is 10.2. The van der Waals surface area contributed by atoms with Crippen molar-refractivity contribution in [1.29, 1.82) is 0 Å². The molecule has 3 N–H and O–H groups in total. The first kappa shape index (κ1) is 11.8. The van der Waals surface area contributed by atoms with E-state index in [2.05, 4.69) is 5.18 Å². The van der Waals surface area contributed by atoms with Gasteiger partial charge >= 0.3 is 5.69 Å². The Kier molecular flexibility index (Phi) is 2.80. The Balaban J connectivity index is 2.89. The Morgan fingerprint density at radius 2 is 1.94 bits per heavy atom. The van der Waals surface area contributed by atoms with Crippen LogP contribution in [-0.2, 0) is 0 Å². The fourth-order valence-corrected chi connectivity index (χ4v) is 1.69. The molecular weight excluding hydrogens is 236 g/mol. The van der Waals surface area contributed by atoms with Gasteiger partial charge in [0.15, 0.2) is 0 Å². The van der Waals surface area contributed by atoms with Gasteiger partial charge in [-0.05, 0) is 23.7 Å². The molecule has 2 aromatic rings. The molecule has 0 saturated heterocycles. The van der Waals surface area contributed by atoms with E-state index in [9.17, 15) is 14.5 Å². The maximum Gasteiger partial charge on any atom is 0.334 e. The molecule has 0 radical (unpaired) electrons. The minimum absolute atomic E-state index is 0.270. The molecule has 1 aromatic carbocycles. The van der Waals surface area contributed by atoms with Crippen LogP contribution in [-0.4, -0.2) is 9.55 Å². The molecule has 7 nitrogen and oxygen atoms in total. The highest BCUT2D eigenvalue weighted by molar-refractivity contribution is 5.60. The summed E-state index contributed by atoms with van der Waals surface area (Å²) < 4.78 is 1.05. The zero-order valence-corrected chi connectivity index (χ0v) is 9.51. The lowest BCUT2D eigenvalue weighted by Gasteiger charge is -2.11. The minimum atomic E-state index is -0.891. The topological polar surface area (TPSA) is 110 Å². The summed E-state index contributed by atoms with van der Waals surface area (Å²) in [5.74, 6) is -0.270. The molecule has 0 unspecified atom stereocenters. The molecule has 0 spiro atoms. The molecule has 0 amide bonds. The van der Waals surface area contributed by atoms with E-state index in [1.165, 1.54) is 0 Å². The summed E-state index contributed by atoms with van der Waals surface area (Å²) in [5.41, 5.74) is 4.80. The molecule has 7 heteroatoms. The minimum Gasteiger partial charge on any atom is -0.383 e. The number of aryl methyl sites for hydroxylation is 1. The van der Waals surface area contributed by atoms with Crippen molar-refractivity contribution in [3.63, 3.8) is 0 Å². The monoisotopic (exact) mass is 246 g/mol. The second-order valence-corrected chi connectivity index (χ2v) is 3.71. The van der Waals surface area contributed by atoms with Gasteiger partial charge < -0.3 is 5.73 Å². The number of nitrogens with one attached hydrogen (secondary N) is 1. The van der Waals surface area contributed by atoms with Gasteiger partial charge in [0, 0.05) is 0 Å². The first-order chi connectivity index (χ1) is 8.56. The number of hydrogen-bond donors (Lipinski definition) is 2. The van der Waals surface area contributed by atoms with Crippen molar-refractivity contribution in [3.8, 4) is 5.69 Å². The third-order valence-corrected chi connectivity index (χ3v) is 2.57. The molecule has 0 bridgehead atoms. The highest BCUT2D eigenvalue weighted by Gasteiger charge is 2.14. The molecule has 0 aliphatic heterocycles. The molecular formula is C11H10N4O3. The van der Waals surface area contributed by atoms with Crippen LogP contribution in [0.4, 0.5) is 11.5 Å². The molecule has 1 aromatic heterocycles. The summed E-state index contributed by atoms with van der Waals surface area (Å²) in [6.45, 7) is 1.78. The van der Waals surface area contributed by atoms with Crippen molar-refractivity contribution in [2.24, 2.45) is 5.18 Å². The lowest BCUT2D eigenvalue weighted by molar-refractivity contribution is 0.901. The summed E-state index contributed by atoms with van der Waals surface area (Å²) in [7, 11) is 0. The lowest BCUT2D eigenvalue weighted by Crippen LogP contribution is -2.31. The van der Waals surface area contributed by atoms with Crippen molar-refractivity contribution in [2.45, 2.75) is 6.92 Å². The highest BCUT2D eigenvalue weighted by Crippen LogP contribution is 2.19. The van der Waals surface area contributed by atoms with Gasteiger partial charge in [0.1, 0.15) is 5.82 Å². The third-order valence-electron chi connectivity index (χ3n) is 2.57. The molecule has 18 heavy (non-hydrogen) atoms. The fraction of sp³-hybridized carbons (Fsp3) is 0.0909. The number of aromatic amines is 1. The quantitative estimate of drug-likeness (QED) is 0.764. The number of H-pyrrole nitrogens is 1. The maximum atomic E-state index is 11.8. The molecule has 0 atom stereocenters. The fourth-order valence-electron chi connectivity index (χ4n) is 1.69. The summed E-state index contributed by atoms with van der Waals surface area (Å²) >= 11 is 0. The van der Waals surface area contributed by atoms with Gasteiger partial charge in [-0.3, -0.25) is 9.78 Å². The predicted octanol–water partition coefficient (Wildman–Crippen LogP) is 0.814. The summed E-state index contributed by atoms with van der Waals surface area (Å²) in [4.78, 5) is 35.6. The maximum absolute atomic E-state index is 11.8. The molecule has 0 aliphatic carbocycles. The van der Waals surface area contributed by atoms with Gasteiger partial charge in [-0.2, -0.15) is 0 Å². The average Bonchev–Trinajstić information content (AvgIpc) is 2.31. The standard InChI is InChI=1S/C11H10N4O3/c1-6-4-2-3-5-7(6)15-9(12)8(14-18)10(16)13-11(15)17/h2-5H,12H2,1H3,(H,13,16,17). The largest absolute Gasteiger partial charge is 0.383 e. The number of rotatable bonds is 2. The predicted molar refractivity (Wildman–Crippen MR) is 67.3 cm³/mol. The van der Waals surface area contributed by atoms with E-state index in [0.29, 0.717) is 5.69 Å². The number of nitrogens with two attached hydrogens (primary N) is 1. The van der Waals surface area contributed by atoms with Crippen LogP contribution in [0.15, 0.2) is 39.0 Å². The van der Waals surface area contributed by atoms with Crippen LogP contribution in [0.1, 0.15) is 5.56 Å². The molecule has 0 saturated carbocycles. The summed E-state index contributed by atoms with van der Waals surface area (Å²) in [6, 6.07) is 6.94. The van der Waals surface area contributed by atoms with Crippen molar-refractivity contribution in [2.75, 3.05) is 5.73 Å². The molecule has 2 rings (SSSR count). The Hall–Kier alpha value is -2.70. The van der Waals surface area contributed by atoms with E-state index in [4.69, 9.17) is 5.73 Å². The summed E-state index contributed by atoms with van der Waals surface area (Å²) in [5, 5.41) is 2.55. The SMILES string of the molecule is Cc1ccccc1-n1c(N)c(N=O)c(=O)[nH]c1=O. The second-order valence-electron chi connectivity index (χ2n) is 3.71. The van der Waals surface area contributed by atoms with E-state index in [0.717, 1.165) is 10.1 Å². The first-order valence-electron chi connectivity index (χ1n) is 5.10. The van der Waals surface area contributed by atoms with Crippen LogP contribution in [0.25, 0.3) is 5.69 Å². The second kappa shape index (κ2) is 4.28. The molecule has 92 valence electrons. The number of nitrogens with zero attached hydrogens (tertiary/aromatic N) is 2. The van der Waals surface area contributed by atoms with Crippen LogP contribution in [0.5, 0.6) is 0 Å². The van der Waals surface area contributed by atoms with Crippen molar-refractivity contribution < 1.29 is 0 Å². The normalized spacial score (nSPS) is 10.3. The number of nitroso groups, excluding NO2 is 1. The van der Waals surface area contributed by atoms with E-state index in [-0.39, 0.29) is 5.82 Å². The summed E-state index contributed by atoms with van der Waals surface area (Å²) in [6.07, 6.45) is 0. The van der Waals surface area contributed by atoms with Crippen LogP contribution in [0.2, 0.25) is 0 Å². The average molecular weight is 246 g/mol. The molecule has 1 heterocycles. The van der Waals surface area contributed by atoms with Gasteiger partial charge in [0.2, 0.25) is 5.69 Å². The number of aromatic nitrogens is 2. The Labute approximate surface area is 101 Å². The number of hydrogen-bond acceptors (Lipinski definition) is 5. The number of nitrogen functional groups attached to an aromatic ring is 1. The van der Waals surface area contributed by atoms with Gasteiger partial charge in [-0.25, -0.2) is 9.36 Å². The van der Waals surface area contributed by atoms with E-state index >= 15 is 0 Å². The van der Waals surface area contributed by atoms with Crippen molar-refractivity contribution in [3.05, 3.63) is 55.6 Å². The number of para-hydroxylation sites is 1. The van der Waals surface area contributed by atoms with Gasteiger partial charge in [0.25, 0.3) is 5.56 Å². The Morgan fingerprint density at radius 3 is 2.56 bits per heavy atom. The van der Waals surface area contributed by atoms with Crippen LogP contribution < -0.4 is 17.0 Å². The Bertz CT molecular complexity index is 730. The zero-order chi connectivity index (χ0) is 13.3. The van der Waals surface area contributed by atoms with E-state index < -0.39 is 16.9 Å². The Morgan fingerprint density at radius 1 is 1.28 bits per heavy atom. The van der Waals surface area contributed by atoms with Crippen LogP contribution >= 0.6 is 0 Å². The van der Waals surface area contributed by atoms with E-state index in [1.54, 1.807) is 31.2 Å². The van der Waals surface area contributed by atoms with Crippen molar-refractivity contribution >= 4 is 11.5 Å². The third kappa shape index (κ3) is 1.71. The van der Waals surface area contributed by atoms with Crippen LogP contribution in [0, 0.1) is 11.8 Å². The van der Waals surface area contributed by atoms with Crippen molar-refractivity contribution in [1.82, 2.24) is 9.55 Å². The van der Waals surface area contributed by atoms with Gasteiger partial charge in [-0.15, -0.1) is 4.91 Å².